The van der Waals surface area contributed by atoms with Gasteiger partial charge in [0.15, 0.2) is 0 Å². The molecule has 1 unspecified atom stereocenters. The molecule has 2 heterocycles. The zero-order valence-corrected chi connectivity index (χ0v) is 15.3. The molecule has 2 aromatic heterocycles. The maximum Gasteiger partial charge on any atom is 0.321 e. The quantitative estimate of drug-likeness (QED) is 0.595. The van der Waals surface area contributed by atoms with Crippen molar-refractivity contribution in [1.29, 1.82) is 0 Å². The van der Waals surface area contributed by atoms with Crippen LogP contribution in [0.3, 0.4) is 0 Å². The van der Waals surface area contributed by atoms with Crippen molar-refractivity contribution in [3.8, 4) is 0 Å². The maximum atomic E-state index is 12.2. The molecule has 0 radical (unpaired) electrons. The summed E-state index contributed by atoms with van der Waals surface area (Å²) in [5.74, 6) is 0.264. The number of tetrazole rings is 1. The molecule has 0 saturated carbocycles. The number of hydrogen-bond acceptors (Lipinski definition) is 7. The summed E-state index contributed by atoms with van der Waals surface area (Å²) >= 11 is 1.16. The first-order chi connectivity index (χ1) is 13.1. The van der Waals surface area contributed by atoms with Crippen LogP contribution in [0.25, 0.3) is 0 Å². The second-order valence-corrected chi connectivity index (χ2v) is 6.92. The molecule has 3 amide bonds. The predicted molar refractivity (Wildman–Crippen MR) is 97.8 cm³/mol. The van der Waals surface area contributed by atoms with Crippen molar-refractivity contribution >= 4 is 23.7 Å². The molecule has 9 nitrogen and oxygen atoms in total. The number of amides is 3. The smallest absolute Gasteiger partial charge is 0.321 e. The highest BCUT2D eigenvalue weighted by Crippen LogP contribution is 2.21. The fourth-order valence-corrected chi connectivity index (χ4v) is 2.97. The van der Waals surface area contributed by atoms with Gasteiger partial charge in [-0.15, -0.1) is 5.10 Å². The summed E-state index contributed by atoms with van der Waals surface area (Å²) in [6, 6.07) is 12.5. The SMILES string of the molecule is CC(Sc1nnnn1Cc1ccco1)C(=O)NC(=O)NCc1ccccc1. The highest BCUT2D eigenvalue weighted by molar-refractivity contribution is 8.00. The van der Waals surface area contributed by atoms with E-state index in [0.29, 0.717) is 24.0 Å². The van der Waals surface area contributed by atoms with E-state index in [1.807, 2.05) is 36.4 Å². The third-order valence-corrected chi connectivity index (χ3v) is 4.64. The van der Waals surface area contributed by atoms with Crippen LogP contribution in [-0.4, -0.2) is 37.4 Å². The second-order valence-electron chi connectivity index (χ2n) is 5.62. The van der Waals surface area contributed by atoms with Crippen LogP contribution in [0.1, 0.15) is 18.2 Å². The maximum absolute atomic E-state index is 12.2. The molecule has 0 spiro atoms. The van der Waals surface area contributed by atoms with Gasteiger partial charge in [0.1, 0.15) is 12.3 Å². The Hall–Kier alpha value is -3.14. The Kier molecular flexibility index (Phi) is 6.21. The zero-order chi connectivity index (χ0) is 19.1. The minimum absolute atomic E-state index is 0.336. The fraction of sp³-hybridized carbons (Fsp3) is 0.235. The van der Waals surface area contributed by atoms with Gasteiger partial charge in [-0.1, -0.05) is 42.1 Å². The summed E-state index contributed by atoms with van der Waals surface area (Å²) in [5, 5.41) is 16.3. The topological polar surface area (TPSA) is 115 Å². The Bertz CT molecular complexity index is 881. The largest absolute Gasteiger partial charge is 0.467 e. The first-order valence-electron chi connectivity index (χ1n) is 8.19. The molecular formula is C17H18N6O3S. The Morgan fingerprint density at radius 2 is 2.04 bits per heavy atom. The van der Waals surface area contributed by atoms with Crippen LogP contribution in [0.2, 0.25) is 0 Å². The van der Waals surface area contributed by atoms with Gasteiger partial charge in [-0.25, -0.2) is 9.48 Å². The number of carbonyl (C=O) groups excluding carboxylic acids is 2. The number of thioether (sulfide) groups is 1. The monoisotopic (exact) mass is 386 g/mol. The summed E-state index contributed by atoms with van der Waals surface area (Å²) < 4.78 is 6.80. The lowest BCUT2D eigenvalue weighted by Crippen LogP contribution is -2.42. The van der Waals surface area contributed by atoms with Crippen LogP contribution in [0.5, 0.6) is 0 Å². The van der Waals surface area contributed by atoms with E-state index in [1.165, 1.54) is 4.68 Å². The molecule has 140 valence electrons. The summed E-state index contributed by atoms with van der Waals surface area (Å²) in [5.41, 5.74) is 0.944. The van der Waals surface area contributed by atoms with E-state index >= 15 is 0 Å². The third kappa shape index (κ3) is 5.42. The van der Waals surface area contributed by atoms with E-state index in [2.05, 4.69) is 26.2 Å². The van der Waals surface area contributed by atoms with E-state index in [9.17, 15) is 9.59 Å². The van der Waals surface area contributed by atoms with Crippen LogP contribution >= 0.6 is 11.8 Å². The number of furan rings is 1. The van der Waals surface area contributed by atoms with Crippen molar-refractivity contribution < 1.29 is 14.0 Å². The molecule has 27 heavy (non-hydrogen) atoms. The first-order valence-corrected chi connectivity index (χ1v) is 9.07. The van der Waals surface area contributed by atoms with E-state index in [-0.39, 0.29) is 0 Å². The normalized spacial score (nSPS) is 11.7. The van der Waals surface area contributed by atoms with Gasteiger partial charge in [-0.3, -0.25) is 10.1 Å². The van der Waals surface area contributed by atoms with Gasteiger partial charge in [0.25, 0.3) is 0 Å². The molecule has 1 aromatic carbocycles. The molecule has 3 aromatic rings. The average Bonchev–Trinajstić information content (AvgIpc) is 3.34. The highest BCUT2D eigenvalue weighted by Gasteiger charge is 2.20. The molecule has 0 bridgehead atoms. The lowest BCUT2D eigenvalue weighted by molar-refractivity contribution is -0.119. The third-order valence-electron chi connectivity index (χ3n) is 3.57. The average molecular weight is 386 g/mol. The standard InChI is InChI=1S/C17H18N6O3S/c1-12(15(24)19-16(25)18-10-13-6-3-2-4-7-13)27-17-20-21-22-23(17)11-14-8-5-9-26-14/h2-9,12H,10-11H2,1H3,(H2,18,19,24,25). The number of aromatic nitrogens is 4. The summed E-state index contributed by atoms with van der Waals surface area (Å²) in [6.45, 7) is 2.37. The van der Waals surface area contributed by atoms with Gasteiger partial charge in [-0.05, 0) is 35.0 Å². The van der Waals surface area contributed by atoms with Gasteiger partial charge < -0.3 is 9.73 Å². The summed E-state index contributed by atoms with van der Waals surface area (Å²) in [4.78, 5) is 24.1. The minimum atomic E-state index is -0.561. The van der Waals surface area contributed by atoms with E-state index < -0.39 is 17.2 Å². The van der Waals surface area contributed by atoms with Crippen molar-refractivity contribution in [2.45, 2.75) is 30.4 Å². The van der Waals surface area contributed by atoms with E-state index in [4.69, 9.17) is 4.42 Å². The van der Waals surface area contributed by atoms with Crippen LogP contribution < -0.4 is 10.6 Å². The molecule has 2 N–H and O–H groups in total. The first kappa shape index (κ1) is 18.6. The lowest BCUT2D eigenvalue weighted by Gasteiger charge is -2.11. The van der Waals surface area contributed by atoms with Crippen LogP contribution in [0, 0.1) is 0 Å². The number of imide groups is 1. The Balaban J connectivity index is 1.49. The number of carbonyl (C=O) groups is 2. The van der Waals surface area contributed by atoms with Gasteiger partial charge in [-0.2, -0.15) is 0 Å². The molecule has 0 fully saturated rings. The number of urea groups is 1. The molecule has 0 aliphatic rings. The summed E-state index contributed by atoms with van der Waals surface area (Å²) in [6.07, 6.45) is 1.57. The number of benzene rings is 1. The van der Waals surface area contributed by atoms with Crippen LogP contribution in [0.4, 0.5) is 4.79 Å². The molecule has 0 aliphatic carbocycles. The predicted octanol–water partition coefficient (Wildman–Crippen LogP) is 1.82. The number of rotatable bonds is 7. The molecule has 1 atom stereocenters. The number of nitrogens with one attached hydrogen (secondary N) is 2. The Morgan fingerprint density at radius 3 is 2.78 bits per heavy atom. The summed E-state index contributed by atoms with van der Waals surface area (Å²) in [7, 11) is 0. The van der Waals surface area contributed by atoms with Crippen LogP contribution in [0.15, 0.2) is 58.3 Å². The van der Waals surface area contributed by atoms with Crippen molar-refractivity contribution in [2.75, 3.05) is 0 Å². The number of hydrogen-bond donors (Lipinski definition) is 2. The van der Waals surface area contributed by atoms with Gasteiger partial charge in [0, 0.05) is 6.54 Å². The van der Waals surface area contributed by atoms with E-state index in [0.717, 1.165) is 17.3 Å². The second kappa shape index (κ2) is 8.99. The Labute approximate surface area is 159 Å². The van der Waals surface area contributed by atoms with Crippen LogP contribution in [-0.2, 0) is 17.9 Å². The minimum Gasteiger partial charge on any atom is -0.467 e. The van der Waals surface area contributed by atoms with Gasteiger partial charge >= 0.3 is 6.03 Å². The van der Waals surface area contributed by atoms with Crippen molar-refractivity contribution in [3.63, 3.8) is 0 Å². The molecule has 0 aliphatic heterocycles. The molecular weight excluding hydrogens is 368 g/mol. The van der Waals surface area contributed by atoms with Crippen molar-refractivity contribution in [3.05, 3.63) is 60.1 Å². The van der Waals surface area contributed by atoms with Crippen molar-refractivity contribution in [2.24, 2.45) is 0 Å². The molecule has 3 rings (SSSR count). The zero-order valence-electron chi connectivity index (χ0n) is 14.5. The lowest BCUT2D eigenvalue weighted by atomic mass is 10.2. The Morgan fingerprint density at radius 1 is 1.22 bits per heavy atom. The highest BCUT2D eigenvalue weighted by atomic mass is 32.2. The fourth-order valence-electron chi connectivity index (χ4n) is 2.18. The van der Waals surface area contributed by atoms with Gasteiger partial charge in [0.2, 0.25) is 11.1 Å². The van der Waals surface area contributed by atoms with E-state index in [1.54, 1.807) is 19.3 Å². The van der Waals surface area contributed by atoms with Crippen molar-refractivity contribution in [1.82, 2.24) is 30.8 Å². The van der Waals surface area contributed by atoms with Gasteiger partial charge in [0.05, 0.1) is 11.5 Å². The number of nitrogens with zero attached hydrogens (tertiary/aromatic N) is 4. The molecule has 0 saturated heterocycles. The molecule has 10 heteroatoms.